The molecular formula is C17H15FN2O. The average Bonchev–Trinajstić information content (AvgIpc) is 2.49. The van der Waals surface area contributed by atoms with Crippen molar-refractivity contribution in [2.75, 3.05) is 12.8 Å². The summed E-state index contributed by atoms with van der Waals surface area (Å²) in [4.78, 5) is 4.29. The summed E-state index contributed by atoms with van der Waals surface area (Å²) in [5.74, 6) is 0.919. The van der Waals surface area contributed by atoms with Crippen molar-refractivity contribution >= 4 is 16.7 Å². The topological polar surface area (TPSA) is 48.1 Å². The molecule has 0 atom stereocenters. The molecule has 0 bridgehead atoms. The Kier molecular flexibility index (Phi) is 3.44. The highest BCUT2D eigenvalue weighted by Gasteiger charge is 2.09. The van der Waals surface area contributed by atoms with E-state index in [0.29, 0.717) is 17.8 Å². The number of ether oxygens (including phenoxy) is 1. The van der Waals surface area contributed by atoms with Crippen LogP contribution in [-0.2, 0) is 6.42 Å². The predicted octanol–water partition coefficient (Wildman–Crippen LogP) is 3.56. The number of nitrogen functional groups attached to an aromatic ring is 1. The van der Waals surface area contributed by atoms with Crippen molar-refractivity contribution < 1.29 is 9.13 Å². The molecule has 3 aromatic rings. The van der Waals surface area contributed by atoms with Gasteiger partial charge in [-0.25, -0.2) is 9.37 Å². The Bertz CT molecular complexity index is 802. The summed E-state index contributed by atoms with van der Waals surface area (Å²) >= 11 is 0. The highest BCUT2D eigenvalue weighted by atomic mass is 19.1. The molecule has 0 fully saturated rings. The fourth-order valence-electron chi connectivity index (χ4n) is 2.39. The van der Waals surface area contributed by atoms with Gasteiger partial charge in [0.15, 0.2) is 0 Å². The summed E-state index contributed by atoms with van der Waals surface area (Å²) in [6.07, 6.45) is 0.621. The van der Waals surface area contributed by atoms with Crippen LogP contribution in [0.4, 0.5) is 10.2 Å². The van der Waals surface area contributed by atoms with Crippen molar-refractivity contribution in [1.29, 1.82) is 0 Å². The van der Waals surface area contributed by atoms with Crippen LogP contribution in [0.25, 0.3) is 10.9 Å². The Hall–Kier alpha value is -2.62. The SMILES string of the molecule is COc1ccccc1Cc1cc2ccc(F)cc2nc1N. The van der Waals surface area contributed by atoms with Crippen molar-refractivity contribution in [3.05, 3.63) is 65.5 Å². The van der Waals surface area contributed by atoms with Crippen LogP contribution in [0.2, 0.25) is 0 Å². The molecule has 3 rings (SSSR count). The van der Waals surface area contributed by atoms with Crippen LogP contribution < -0.4 is 10.5 Å². The Labute approximate surface area is 122 Å². The summed E-state index contributed by atoms with van der Waals surface area (Å²) < 4.78 is 18.6. The van der Waals surface area contributed by atoms with E-state index in [4.69, 9.17) is 10.5 Å². The lowest BCUT2D eigenvalue weighted by atomic mass is 10.0. The predicted molar refractivity (Wildman–Crippen MR) is 81.9 cm³/mol. The molecule has 2 N–H and O–H groups in total. The Balaban J connectivity index is 2.04. The molecule has 0 radical (unpaired) electrons. The van der Waals surface area contributed by atoms with Gasteiger partial charge in [-0.05, 0) is 35.4 Å². The molecule has 1 aromatic heterocycles. The molecule has 1 heterocycles. The second-order valence-electron chi connectivity index (χ2n) is 4.86. The quantitative estimate of drug-likeness (QED) is 0.799. The first-order valence-corrected chi connectivity index (χ1v) is 6.64. The zero-order valence-corrected chi connectivity index (χ0v) is 11.6. The van der Waals surface area contributed by atoms with Gasteiger partial charge in [0.2, 0.25) is 0 Å². The van der Waals surface area contributed by atoms with Gasteiger partial charge in [-0.15, -0.1) is 0 Å². The van der Waals surface area contributed by atoms with Crippen LogP contribution in [0.15, 0.2) is 48.5 Å². The molecular weight excluding hydrogens is 267 g/mol. The summed E-state index contributed by atoms with van der Waals surface area (Å²) in [6, 6.07) is 14.3. The fourth-order valence-corrected chi connectivity index (χ4v) is 2.39. The molecule has 0 amide bonds. The fraction of sp³-hybridized carbons (Fsp3) is 0.118. The van der Waals surface area contributed by atoms with E-state index in [0.717, 1.165) is 22.3 Å². The minimum atomic E-state index is -0.313. The number of anilines is 1. The minimum Gasteiger partial charge on any atom is -0.496 e. The van der Waals surface area contributed by atoms with E-state index < -0.39 is 0 Å². The molecule has 2 aromatic carbocycles. The monoisotopic (exact) mass is 282 g/mol. The van der Waals surface area contributed by atoms with Crippen LogP contribution in [0.5, 0.6) is 5.75 Å². The summed E-state index contributed by atoms with van der Waals surface area (Å²) in [7, 11) is 1.64. The third-order valence-corrected chi connectivity index (χ3v) is 3.47. The first-order chi connectivity index (χ1) is 10.2. The second-order valence-corrected chi connectivity index (χ2v) is 4.86. The van der Waals surface area contributed by atoms with Gasteiger partial charge in [-0.1, -0.05) is 18.2 Å². The molecule has 4 heteroatoms. The third kappa shape index (κ3) is 2.65. The van der Waals surface area contributed by atoms with E-state index in [1.807, 2.05) is 30.3 Å². The van der Waals surface area contributed by atoms with E-state index >= 15 is 0 Å². The molecule has 106 valence electrons. The number of para-hydroxylation sites is 1. The van der Waals surface area contributed by atoms with Crippen molar-refractivity contribution in [3.63, 3.8) is 0 Å². The number of nitrogens with zero attached hydrogens (tertiary/aromatic N) is 1. The summed E-state index contributed by atoms with van der Waals surface area (Å²) in [5, 5.41) is 0.871. The molecule has 0 aliphatic carbocycles. The number of hydrogen-bond donors (Lipinski definition) is 1. The number of nitrogens with two attached hydrogens (primary N) is 1. The number of aromatic nitrogens is 1. The van der Waals surface area contributed by atoms with E-state index in [1.165, 1.54) is 12.1 Å². The lowest BCUT2D eigenvalue weighted by Crippen LogP contribution is -2.01. The standard InChI is InChI=1S/C17H15FN2O/c1-21-16-5-3-2-4-12(16)9-13-8-11-6-7-14(18)10-15(11)20-17(13)19/h2-8,10H,9H2,1H3,(H2,19,20). The summed E-state index contributed by atoms with van der Waals surface area (Å²) in [5.41, 5.74) is 8.51. The molecule has 0 aliphatic heterocycles. The van der Waals surface area contributed by atoms with Gasteiger partial charge in [0.25, 0.3) is 0 Å². The molecule has 0 aliphatic rings. The molecule has 0 saturated heterocycles. The van der Waals surface area contributed by atoms with Gasteiger partial charge < -0.3 is 10.5 Å². The lowest BCUT2D eigenvalue weighted by molar-refractivity contribution is 0.410. The van der Waals surface area contributed by atoms with Gasteiger partial charge in [-0.3, -0.25) is 0 Å². The molecule has 0 saturated carbocycles. The van der Waals surface area contributed by atoms with E-state index in [-0.39, 0.29) is 5.82 Å². The van der Waals surface area contributed by atoms with Crippen molar-refractivity contribution in [2.24, 2.45) is 0 Å². The largest absolute Gasteiger partial charge is 0.496 e. The zero-order chi connectivity index (χ0) is 14.8. The number of hydrogen-bond acceptors (Lipinski definition) is 3. The number of methoxy groups -OCH3 is 1. The number of fused-ring (bicyclic) bond motifs is 1. The third-order valence-electron chi connectivity index (χ3n) is 3.47. The zero-order valence-electron chi connectivity index (χ0n) is 11.6. The van der Waals surface area contributed by atoms with Gasteiger partial charge in [0, 0.05) is 17.9 Å². The number of pyridine rings is 1. The second kappa shape index (κ2) is 5.40. The first kappa shape index (κ1) is 13.4. The van der Waals surface area contributed by atoms with Crippen LogP contribution in [0.3, 0.4) is 0 Å². The minimum absolute atomic E-state index is 0.313. The smallest absolute Gasteiger partial charge is 0.127 e. The first-order valence-electron chi connectivity index (χ1n) is 6.64. The number of benzene rings is 2. The molecule has 0 spiro atoms. The van der Waals surface area contributed by atoms with Gasteiger partial charge in [0.05, 0.1) is 12.6 Å². The van der Waals surface area contributed by atoms with Gasteiger partial charge >= 0.3 is 0 Å². The Morgan fingerprint density at radius 1 is 1.10 bits per heavy atom. The van der Waals surface area contributed by atoms with Crippen LogP contribution >= 0.6 is 0 Å². The van der Waals surface area contributed by atoms with Gasteiger partial charge in [-0.2, -0.15) is 0 Å². The maximum absolute atomic E-state index is 13.2. The van der Waals surface area contributed by atoms with Gasteiger partial charge in [0.1, 0.15) is 17.4 Å². The maximum Gasteiger partial charge on any atom is 0.127 e. The lowest BCUT2D eigenvalue weighted by Gasteiger charge is -2.10. The van der Waals surface area contributed by atoms with Crippen LogP contribution in [0, 0.1) is 5.82 Å². The molecule has 0 unspecified atom stereocenters. The highest BCUT2D eigenvalue weighted by molar-refractivity contribution is 5.81. The molecule has 21 heavy (non-hydrogen) atoms. The van der Waals surface area contributed by atoms with Crippen LogP contribution in [0.1, 0.15) is 11.1 Å². The highest BCUT2D eigenvalue weighted by Crippen LogP contribution is 2.25. The maximum atomic E-state index is 13.2. The van der Waals surface area contributed by atoms with Crippen molar-refractivity contribution in [3.8, 4) is 5.75 Å². The average molecular weight is 282 g/mol. The Morgan fingerprint density at radius 2 is 1.90 bits per heavy atom. The van der Waals surface area contributed by atoms with Crippen molar-refractivity contribution in [2.45, 2.75) is 6.42 Å². The Morgan fingerprint density at radius 3 is 2.71 bits per heavy atom. The number of halogens is 1. The van der Waals surface area contributed by atoms with E-state index in [2.05, 4.69) is 4.98 Å². The van der Waals surface area contributed by atoms with E-state index in [1.54, 1.807) is 13.2 Å². The van der Waals surface area contributed by atoms with E-state index in [9.17, 15) is 4.39 Å². The van der Waals surface area contributed by atoms with Crippen LogP contribution in [-0.4, -0.2) is 12.1 Å². The number of rotatable bonds is 3. The van der Waals surface area contributed by atoms with Crippen molar-refractivity contribution in [1.82, 2.24) is 4.98 Å². The molecule has 3 nitrogen and oxygen atoms in total. The normalized spacial score (nSPS) is 10.8. The summed E-state index contributed by atoms with van der Waals surface area (Å²) in [6.45, 7) is 0.